The minimum Gasteiger partial charge on any atom is -0.456 e. The quantitative estimate of drug-likeness (QED) is 0.687. The van der Waals surface area contributed by atoms with Gasteiger partial charge in [-0.25, -0.2) is 9.59 Å². The van der Waals surface area contributed by atoms with Crippen molar-refractivity contribution in [3.8, 4) is 0 Å². The van der Waals surface area contributed by atoms with E-state index >= 15 is 0 Å². The van der Waals surface area contributed by atoms with E-state index in [0.717, 1.165) is 50.0 Å². The lowest BCUT2D eigenvalue weighted by Gasteiger charge is -2.48. The normalized spacial score (nSPS) is 25.8. The number of likely N-dealkylation sites (tertiary alicyclic amines) is 1. The number of hydrogen-bond donors (Lipinski definition) is 0. The van der Waals surface area contributed by atoms with Crippen LogP contribution in [0.2, 0.25) is 0 Å². The van der Waals surface area contributed by atoms with Crippen molar-refractivity contribution in [2.75, 3.05) is 39.4 Å². The Kier molecular flexibility index (Phi) is 4.61. The zero-order valence-corrected chi connectivity index (χ0v) is 16.6. The predicted octanol–water partition coefficient (Wildman–Crippen LogP) is 2.31. The smallest absolute Gasteiger partial charge is 0.410 e. The highest BCUT2D eigenvalue weighted by atomic mass is 16.6. The van der Waals surface area contributed by atoms with Gasteiger partial charge in [0.05, 0.1) is 23.5 Å². The van der Waals surface area contributed by atoms with Crippen molar-refractivity contribution in [1.29, 1.82) is 0 Å². The van der Waals surface area contributed by atoms with Gasteiger partial charge in [-0.05, 0) is 52.4 Å². The monoisotopic (exact) mass is 378 g/mol. The van der Waals surface area contributed by atoms with Crippen LogP contribution < -0.4 is 0 Å². The molecule has 0 unspecified atom stereocenters. The Bertz CT molecular complexity index is 654. The van der Waals surface area contributed by atoms with E-state index in [1.165, 1.54) is 0 Å². The Hall–Kier alpha value is -1.76. The molecule has 1 aliphatic carbocycles. The fourth-order valence-corrected chi connectivity index (χ4v) is 4.24. The average Bonchev–Trinajstić information content (AvgIpc) is 3.36. The maximum Gasteiger partial charge on any atom is 0.410 e. The first-order valence-corrected chi connectivity index (χ1v) is 10.0. The van der Waals surface area contributed by atoms with Crippen molar-refractivity contribution in [2.24, 2.45) is 5.92 Å². The van der Waals surface area contributed by atoms with Crippen LogP contribution in [0.15, 0.2) is 11.3 Å². The minimum absolute atomic E-state index is 0.132. The number of ether oxygens (including phenoxy) is 3. The highest BCUT2D eigenvalue weighted by molar-refractivity contribution is 5.92. The number of morpholine rings is 1. The molecule has 0 aromatic rings. The molecule has 1 amide bonds. The van der Waals surface area contributed by atoms with Gasteiger partial charge in [0.1, 0.15) is 12.2 Å². The van der Waals surface area contributed by atoms with E-state index < -0.39 is 5.60 Å². The summed E-state index contributed by atoms with van der Waals surface area (Å²) in [7, 11) is 0. The molecule has 27 heavy (non-hydrogen) atoms. The van der Waals surface area contributed by atoms with Gasteiger partial charge in [0.25, 0.3) is 0 Å². The molecule has 0 atom stereocenters. The lowest BCUT2D eigenvalue weighted by molar-refractivity contribution is -0.136. The summed E-state index contributed by atoms with van der Waals surface area (Å²) in [5.74, 6) is 0.260. The van der Waals surface area contributed by atoms with E-state index in [2.05, 4.69) is 4.90 Å². The molecule has 0 bridgehead atoms. The number of piperidine rings is 1. The van der Waals surface area contributed by atoms with Gasteiger partial charge in [0.15, 0.2) is 0 Å². The molecule has 4 aliphatic rings. The van der Waals surface area contributed by atoms with E-state index in [9.17, 15) is 9.59 Å². The Morgan fingerprint density at radius 1 is 1.19 bits per heavy atom. The average molecular weight is 378 g/mol. The molecule has 1 spiro atoms. The molecule has 3 aliphatic heterocycles. The summed E-state index contributed by atoms with van der Waals surface area (Å²) in [6, 6.07) is 0. The molecular weight excluding hydrogens is 348 g/mol. The number of cyclic esters (lactones) is 1. The molecule has 1 saturated carbocycles. The highest BCUT2D eigenvalue weighted by Crippen LogP contribution is 2.42. The van der Waals surface area contributed by atoms with Crippen LogP contribution in [0.4, 0.5) is 4.79 Å². The van der Waals surface area contributed by atoms with Gasteiger partial charge in [-0.2, -0.15) is 0 Å². The van der Waals surface area contributed by atoms with Gasteiger partial charge in [-0.15, -0.1) is 0 Å². The number of amides is 1. The van der Waals surface area contributed by atoms with Crippen molar-refractivity contribution >= 4 is 12.1 Å². The zero-order chi connectivity index (χ0) is 19.2. The van der Waals surface area contributed by atoms with Crippen LogP contribution in [0.5, 0.6) is 0 Å². The third-order valence-electron chi connectivity index (χ3n) is 5.81. The van der Waals surface area contributed by atoms with Crippen molar-refractivity contribution in [2.45, 2.75) is 57.7 Å². The second-order valence-corrected chi connectivity index (χ2v) is 9.13. The van der Waals surface area contributed by atoms with Gasteiger partial charge in [-0.1, -0.05) is 0 Å². The largest absolute Gasteiger partial charge is 0.456 e. The molecule has 0 aromatic heterocycles. The first-order chi connectivity index (χ1) is 12.8. The number of hydrogen-bond acceptors (Lipinski definition) is 6. The number of carbonyl (C=O) groups excluding carboxylic acids is 2. The van der Waals surface area contributed by atoms with Crippen LogP contribution in [0.25, 0.3) is 0 Å². The Morgan fingerprint density at radius 3 is 2.52 bits per heavy atom. The number of esters is 1. The van der Waals surface area contributed by atoms with Gasteiger partial charge in [-0.3, -0.25) is 0 Å². The van der Waals surface area contributed by atoms with E-state index in [-0.39, 0.29) is 17.7 Å². The third-order valence-corrected chi connectivity index (χ3v) is 5.81. The Morgan fingerprint density at radius 2 is 1.89 bits per heavy atom. The van der Waals surface area contributed by atoms with Crippen LogP contribution in [-0.2, 0) is 19.0 Å². The molecule has 0 N–H and O–H groups in total. The van der Waals surface area contributed by atoms with Crippen LogP contribution in [-0.4, -0.2) is 72.5 Å². The summed E-state index contributed by atoms with van der Waals surface area (Å²) in [6.07, 6.45) is 3.49. The number of carbonyl (C=O) groups is 2. The predicted molar refractivity (Wildman–Crippen MR) is 98.0 cm³/mol. The molecule has 0 radical (unpaired) electrons. The molecule has 3 fully saturated rings. The summed E-state index contributed by atoms with van der Waals surface area (Å²) in [6.45, 7) is 9.50. The van der Waals surface area contributed by atoms with Gasteiger partial charge < -0.3 is 24.0 Å². The zero-order valence-electron chi connectivity index (χ0n) is 16.6. The topological polar surface area (TPSA) is 68.3 Å². The molecule has 2 saturated heterocycles. The third kappa shape index (κ3) is 3.93. The SMILES string of the molecule is CC(C)(C)OC(=O)N1CCC2(CC1)CN(C1=C(C3CC3)C(=O)OC1)CCO2. The Balaban J connectivity index is 1.41. The Labute approximate surface area is 160 Å². The lowest BCUT2D eigenvalue weighted by Crippen LogP contribution is -2.57. The molecule has 3 heterocycles. The summed E-state index contributed by atoms with van der Waals surface area (Å²) in [5.41, 5.74) is 1.23. The van der Waals surface area contributed by atoms with E-state index in [4.69, 9.17) is 14.2 Å². The molecule has 0 aromatic carbocycles. The maximum atomic E-state index is 12.3. The van der Waals surface area contributed by atoms with E-state index in [1.54, 1.807) is 4.90 Å². The van der Waals surface area contributed by atoms with Gasteiger partial charge in [0.2, 0.25) is 0 Å². The molecular formula is C20H30N2O5. The van der Waals surface area contributed by atoms with Crippen LogP contribution in [0, 0.1) is 5.92 Å². The van der Waals surface area contributed by atoms with Crippen LogP contribution in [0.1, 0.15) is 46.5 Å². The molecule has 7 nitrogen and oxygen atoms in total. The summed E-state index contributed by atoms with van der Waals surface area (Å²) in [5, 5.41) is 0. The first-order valence-electron chi connectivity index (χ1n) is 10.0. The molecule has 150 valence electrons. The van der Waals surface area contributed by atoms with Crippen molar-refractivity contribution in [3.63, 3.8) is 0 Å². The second kappa shape index (κ2) is 6.69. The second-order valence-electron chi connectivity index (χ2n) is 9.13. The van der Waals surface area contributed by atoms with Gasteiger partial charge >= 0.3 is 12.1 Å². The summed E-state index contributed by atoms with van der Waals surface area (Å²) >= 11 is 0. The highest BCUT2D eigenvalue weighted by Gasteiger charge is 2.45. The summed E-state index contributed by atoms with van der Waals surface area (Å²) in [4.78, 5) is 28.5. The standard InChI is InChI=1S/C20H30N2O5/c1-19(2,3)27-18(24)21-8-6-20(7-9-21)13-22(10-11-26-20)15-12-25-17(23)16(15)14-4-5-14/h14H,4-13H2,1-3H3. The maximum absolute atomic E-state index is 12.3. The lowest BCUT2D eigenvalue weighted by atomic mass is 9.89. The summed E-state index contributed by atoms with van der Waals surface area (Å²) < 4.78 is 17.0. The van der Waals surface area contributed by atoms with E-state index in [1.807, 2.05) is 20.8 Å². The van der Waals surface area contributed by atoms with E-state index in [0.29, 0.717) is 32.2 Å². The fourth-order valence-electron chi connectivity index (χ4n) is 4.24. The van der Waals surface area contributed by atoms with Crippen molar-refractivity contribution in [1.82, 2.24) is 9.80 Å². The first kappa shape index (κ1) is 18.6. The number of nitrogens with zero attached hydrogens (tertiary/aromatic N) is 2. The molecule has 7 heteroatoms. The fraction of sp³-hybridized carbons (Fsp3) is 0.800. The van der Waals surface area contributed by atoms with Gasteiger partial charge in [0, 0.05) is 26.2 Å². The van der Waals surface area contributed by atoms with Crippen molar-refractivity contribution in [3.05, 3.63) is 11.3 Å². The van der Waals surface area contributed by atoms with Crippen LogP contribution >= 0.6 is 0 Å². The molecule has 4 rings (SSSR count). The minimum atomic E-state index is -0.481. The van der Waals surface area contributed by atoms with Crippen molar-refractivity contribution < 1.29 is 23.8 Å². The van der Waals surface area contributed by atoms with Crippen LogP contribution in [0.3, 0.4) is 0 Å². The number of rotatable bonds is 2.